The van der Waals surface area contributed by atoms with Crippen LogP contribution in [0.3, 0.4) is 0 Å². The molecule has 0 aliphatic carbocycles. The molecule has 1 aliphatic heterocycles. The van der Waals surface area contributed by atoms with E-state index in [4.69, 9.17) is 0 Å². The van der Waals surface area contributed by atoms with Gasteiger partial charge >= 0.3 is 0 Å². The number of fused-ring (bicyclic) bond motifs is 1. The summed E-state index contributed by atoms with van der Waals surface area (Å²) >= 11 is 1.52. The number of aryl methyl sites for hydroxylation is 3. The van der Waals surface area contributed by atoms with Crippen LogP contribution in [0.15, 0.2) is 29.3 Å². The maximum Gasteiger partial charge on any atom is 0.265 e. The molecule has 1 aliphatic rings. The van der Waals surface area contributed by atoms with E-state index in [2.05, 4.69) is 4.98 Å². The number of pyridine rings is 1. The number of anilines is 1. The van der Waals surface area contributed by atoms with Gasteiger partial charge in [0.1, 0.15) is 4.90 Å². The fraction of sp³-hybridized carbons (Fsp3) is 0.357. The topological polar surface area (TPSA) is 50.3 Å². The van der Waals surface area contributed by atoms with Crippen molar-refractivity contribution in [2.45, 2.75) is 31.6 Å². The lowest BCUT2D eigenvalue weighted by atomic mass is 10.1. The summed E-state index contributed by atoms with van der Waals surface area (Å²) in [6.07, 6.45) is 3.37. The molecule has 0 saturated carbocycles. The van der Waals surface area contributed by atoms with Gasteiger partial charge in [-0.3, -0.25) is 9.29 Å². The van der Waals surface area contributed by atoms with E-state index in [9.17, 15) is 8.42 Å². The first-order valence-corrected chi connectivity index (χ1v) is 8.79. The van der Waals surface area contributed by atoms with E-state index in [1.165, 1.54) is 15.6 Å². The Morgan fingerprint density at radius 3 is 2.85 bits per heavy atom. The predicted octanol–water partition coefficient (Wildman–Crippen LogP) is 2.90. The Morgan fingerprint density at radius 1 is 1.35 bits per heavy atom. The van der Waals surface area contributed by atoms with Gasteiger partial charge in [-0.1, -0.05) is 0 Å². The second kappa shape index (κ2) is 4.86. The van der Waals surface area contributed by atoms with Gasteiger partial charge in [0.2, 0.25) is 0 Å². The summed E-state index contributed by atoms with van der Waals surface area (Å²) in [7, 11) is -3.48. The van der Waals surface area contributed by atoms with Crippen LogP contribution in [0.1, 0.15) is 21.9 Å². The van der Waals surface area contributed by atoms with Gasteiger partial charge in [0, 0.05) is 22.5 Å². The van der Waals surface area contributed by atoms with E-state index in [0.29, 0.717) is 11.4 Å². The molecular weight excluding hydrogens is 292 g/mol. The number of sulfonamides is 1. The summed E-state index contributed by atoms with van der Waals surface area (Å²) in [5.41, 5.74) is 1.59. The monoisotopic (exact) mass is 308 g/mol. The molecule has 2 aromatic heterocycles. The van der Waals surface area contributed by atoms with Crippen molar-refractivity contribution in [3.63, 3.8) is 0 Å². The summed E-state index contributed by atoms with van der Waals surface area (Å²) in [5.74, 6) is 0. The zero-order valence-electron chi connectivity index (χ0n) is 11.5. The third-order valence-corrected chi connectivity index (χ3v) is 6.51. The summed E-state index contributed by atoms with van der Waals surface area (Å²) in [6, 6.07) is 5.39. The lowest BCUT2D eigenvalue weighted by molar-refractivity contribution is 0.585. The highest BCUT2D eigenvalue weighted by Crippen LogP contribution is 2.34. The normalized spacial score (nSPS) is 15.2. The second-order valence-electron chi connectivity index (χ2n) is 4.93. The maximum absolute atomic E-state index is 12.9. The van der Waals surface area contributed by atoms with E-state index < -0.39 is 10.0 Å². The van der Waals surface area contributed by atoms with Gasteiger partial charge < -0.3 is 0 Å². The lowest BCUT2D eigenvalue weighted by Crippen LogP contribution is -2.35. The highest BCUT2D eigenvalue weighted by molar-refractivity contribution is 7.93. The molecular formula is C14H16N2O2S2. The summed E-state index contributed by atoms with van der Waals surface area (Å²) in [4.78, 5) is 6.59. The van der Waals surface area contributed by atoms with Gasteiger partial charge in [0.15, 0.2) is 0 Å². The Morgan fingerprint density at radius 2 is 2.15 bits per heavy atom. The van der Waals surface area contributed by atoms with Crippen molar-refractivity contribution in [2.24, 2.45) is 0 Å². The predicted molar refractivity (Wildman–Crippen MR) is 80.9 cm³/mol. The van der Waals surface area contributed by atoms with E-state index in [1.807, 2.05) is 19.9 Å². The van der Waals surface area contributed by atoms with Gasteiger partial charge in [-0.05, 0) is 44.9 Å². The highest BCUT2D eigenvalue weighted by Gasteiger charge is 2.31. The molecule has 3 heterocycles. The zero-order chi connectivity index (χ0) is 14.3. The Bertz CT molecular complexity index is 750. The number of rotatable bonds is 2. The van der Waals surface area contributed by atoms with Crippen molar-refractivity contribution in [1.29, 1.82) is 0 Å². The van der Waals surface area contributed by atoms with Crippen LogP contribution in [0.5, 0.6) is 0 Å². The molecule has 2 aromatic rings. The van der Waals surface area contributed by atoms with Crippen molar-refractivity contribution in [3.8, 4) is 0 Å². The second-order valence-corrected chi connectivity index (χ2v) is 8.22. The molecule has 0 radical (unpaired) electrons. The number of nitrogens with zero attached hydrogens (tertiary/aromatic N) is 2. The fourth-order valence-corrected chi connectivity index (χ4v) is 5.65. The van der Waals surface area contributed by atoms with Crippen LogP contribution < -0.4 is 4.31 Å². The minimum atomic E-state index is -3.48. The van der Waals surface area contributed by atoms with Gasteiger partial charge in [-0.2, -0.15) is 0 Å². The van der Waals surface area contributed by atoms with Crippen molar-refractivity contribution in [3.05, 3.63) is 39.8 Å². The Balaban J connectivity index is 2.12. The Labute approximate surface area is 123 Å². The SMILES string of the molecule is Cc1cc(S(=O)(=O)N2CCCc3ncccc32)c(C)s1. The number of aromatic nitrogens is 1. The van der Waals surface area contributed by atoms with Gasteiger partial charge in [-0.25, -0.2) is 8.42 Å². The maximum atomic E-state index is 12.9. The zero-order valence-corrected chi connectivity index (χ0v) is 13.1. The standard InChI is InChI=1S/C14H16N2O2S2/c1-10-9-14(11(2)19-10)20(17,18)16-8-4-5-12-13(16)6-3-7-15-12/h3,6-7,9H,4-5,8H2,1-2H3. The summed E-state index contributed by atoms with van der Waals surface area (Å²) in [5, 5.41) is 0. The van der Waals surface area contributed by atoms with Crippen LogP contribution in [0.2, 0.25) is 0 Å². The minimum absolute atomic E-state index is 0.428. The Kier molecular flexibility index (Phi) is 3.30. The molecule has 4 nitrogen and oxygen atoms in total. The van der Waals surface area contributed by atoms with E-state index >= 15 is 0 Å². The summed E-state index contributed by atoms with van der Waals surface area (Å²) in [6.45, 7) is 4.32. The number of thiophene rings is 1. The Hall–Kier alpha value is -1.40. The van der Waals surface area contributed by atoms with Crippen LogP contribution in [-0.4, -0.2) is 19.9 Å². The molecule has 0 bridgehead atoms. The van der Waals surface area contributed by atoms with Crippen LogP contribution in [0.4, 0.5) is 5.69 Å². The smallest absolute Gasteiger partial charge is 0.264 e. The van der Waals surface area contributed by atoms with Crippen molar-refractivity contribution in [1.82, 2.24) is 4.98 Å². The van der Waals surface area contributed by atoms with Crippen LogP contribution in [0.25, 0.3) is 0 Å². The first-order chi connectivity index (χ1) is 9.50. The van der Waals surface area contributed by atoms with E-state index in [1.54, 1.807) is 18.3 Å². The molecule has 0 N–H and O–H groups in total. The van der Waals surface area contributed by atoms with Gasteiger partial charge in [0.05, 0.1) is 11.4 Å². The average molecular weight is 308 g/mol. The minimum Gasteiger partial charge on any atom is -0.264 e. The third-order valence-electron chi connectivity index (χ3n) is 3.47. The first kappa shape index (κ1) is 13.6. The van der Waals surface area contributed by atoms with Crippen LogP contribution in [-0.2, 0) is 16.4 Å². The van der Waals surface area contributed by atoms with Crippen molar-refractivity contribution < 1.29 is 8.42 Å². The molecule has 0 saturated heterocycles. The first-order valence-electron chi connectivity index (χ1n) is 6.54. The molecule has 3 rings (SSSR count). The molecule has 106 valence electrons. The number of hydrogen-bond donors (Lipinski definition) is 0. The molecule has 6 heteroatoms. The van der Waals surface area contributed by atoms with Crippen LogP contribution in [0, 0.1) is 13.8 Å². The van der Waals surface area contributed by atoms with Crippen molar-refractivity contribution in [2.75, 3.05) is 10.8 Å². The molecule has 0 atom stereocenters. The molecule has 0 aromatic carbocycles. The third kappa shape index (κ3) is 2.13. The molecule has 0 spiro atoms. The van der Waals surface area contributed by atoms with Crippen molar-refractivity contribution >= 4 is 27.0 Å². The van der Waals surface area contributed by atoms with E-state index in [-0.39, 0.29) is 0 Å². The van der Waals surface area contributed by atoms with Crippen LogP contribution >= 0.6 is 11.3 Å². The molecule has 20 heavy (non-hydrogen) atoms. The largest absolute Gasteiger partial charge is 0.265 e. The highest BCUT2D eigenvalue weighted by atomic mass is 32.2. The molecule has 0 unspecified atom stereocenters. The summed E-state index contributed by atoms with van der Waals surface area (Å²) < 4.78 is 27.3. The van der Waals surface area contributed by atoms with Gasteiger partial charge in [0.25, 0.3) is 10.0 Å². The fourth-order valence-electron chi connectivity index (χ4n) is 2.59. The number of hydrogen-bond acceptors (Lipinski definition) is 4. The van der Waals surface area contributed by atoms with Gasteiger partial charge in [-0.15, -0.1) is 11.3 Å². The van der Waals surface area contributed by atoms with E-state index in [0.717, 1.165) is 34.0 Å². The molecule has 0 amide bonds. The quantitative estimate of drug-likeness (QED) is 0.857. The molecule has 0 fully saturated rings. The average Bonchev–Trinajstić information content (AvgIpc) is 2.78. The lowest BCUT2D eigenvalue weighted by Gasteiger charge is -2.29.